The molecule has 9 heterocycles. The van der Waals surface area contributed by atoms with Crippen LogP contribution in [0.3, 0.4) is 0 Å². The van der Waals surface area contributed by atoms with Crippen molar-refractivity contribution in [3.63, 3.8) is 0 Å². The Hall–Kier alpha value is -9.62. The lowest BCUT2D eigenvalue weighted by molar-refractivity contribution is -0.136. The Morgan fingerprint density at radius 2 is 0.928 bits per heavy atom. The van der Waals surface area contributed by atoms with Gasteiger partial charge in [0.15, 0.2) is 0 Å². The summed E-state index contributed by atoms with van der Waals surface area (Å²) >= 11 is 1.43. The Morgan fingerprint density at radius 3 is 1.33 bits per heavy atom. The topological polar surface area (TPSA) is 254 Å². The Morgan fingerprint density at radius 1 is 0.526 bits per heavy atom. The molecule has 8 aromatic rings. The van der Waals surface area contributed by atoms with Crippen molar-refractivity contribution in [1.29, 1.82) is 0 Å². The summed E-state index contributed by atoms with van der Waals surface area (Å²) in [7, 11) is 3.32. The van der Waals surface area contributed by atoms with Crippen molar-refractivity contribution in [3.8, 4) is 0 Å². The van der Waals surface area contributed by atoms with Crippen LogP contribution in [0, 0.1) is 11.8 Å². The van der Waals surface area contributed by atoms with Crippen LogP contribution in [0.1, 0.15) is 121 Å². The molecule has 4 saturated heterocycles. The van der Waals surface area contributed by atoms with Gasteiger partial charge < -0.3 is 67.2 Å². The van der Waals surface area contributed by atoms with Crippen LogP contribution in [0.2, 0.25) is 0 Å². The van der Waals surface area contributed by atoms with Gasteiger partial charge in [-0.15, -0.1) is 11.3 Å². The average molecular weight is 1350 g/mol. The highest BCUT2D eigenvalue weighted by molar-refractivity contribution is 7.12. The fourth-order valence-electron chi connectivity index (χ4n) is 12.8. The van der Waals surface area contributed by atoms with E-state index in [-0.39, 0.29) is 105 Å². The van der Waals surface area contributed by atoms with Crippen LogP contribution in [0.5, 0.6) is 0 Å². The maximum absolute atomic E-state index is 13.6. The fourth-order valence-corrected chi connectivity index (χ4v) is 13.5. The second-order valence-electron chi connectivity index (χ2n) is 23.7. The van der Waals surface area contributed by atoms with Crippen LogP contribution in [0.4, 0.5) is 17.1 Å². The summed E-state index contributed by atoms with van der Waals surface area (Å²) in [5.41, 5.74) is 3.16. The Bertz CT molecular complexity index is 4250. The number of hydrogen-bond acceptors (Lipinski definition) is 19. The number of benzene rings is 3. The smallest absolute Gasteiger partial charge is 0.345 e. The van der Waals surface area contributed by atoms with Crippen molar-refractivity contribution >= 4 is 96.7 Å². The SMILES string of the molecule is C.C.C.CCOC(=O)c1c(N2CCN(C(=O)C3CCNCC3)CC2)c2ccccc2n(C)c1=O.CCOC(=O)c1c(N2CCN(C(=O)c3cccs3)CC2)c2ccccc2n(CC(C)C)c1=O.CCOC(=O)c1c(N2CCN(C(=O)c3ccno3)CC2)c2ccccc2n(C)c1=O. The lowest BCUT2D eigenvalue weighted by atomic mass is 9.96. The molecule has 0 bridgehead atoms. The molecule has 0 saturated carbocycles. The summed E-state index contributed by atoms with van der Waals surface area (Å²) in [4.78, 5) is 129. The molecule has 0 unspecified atom stereocenters. The molecule has 0 atom stereocenters. The molecule has 12 rings (SSSR count). The van der Waals surface area contributed by atoms with Gasteiger partial charge in [-0.3, -0.25) is 28.8 Å². The zero-order valence-electron chi connectivity index (χ0n) is 54.3. The van der Waals surface area contributed by atoms with E-state index in [2.05, 4.69) is 15.4 Å². The highest BCUT2D eigenvalue weighted by Crippen LogP contribution is 2.34. The lowest BCUT2D eigenvalue weighted by Crippen LogP contribution is -2.52. The van der Waals surface area contributed by atoms with E-state index in [0.29, 0.717) is 102 Å². The van der Waals surface area contributed by atoms with Crippen molar-refractivity contribution in [2.75, 3.05) is 126 Å². The van der Waals surface area contributed by atoms with Gasteiger partial charge in [0, 0.05) is 127 Å². The summed E-state index contributed by atoms with van der Waals surface area (Å²) in [6, 6.07) is 28.0. The molecule has 3 aromatic carbocycles. The number of anilines is 3. The van der Waals surface area contributed by atoms with Crippen molar-refractivity contribution in [2.24, 2.45) is 25.9 Å². The number of aryl methyl sites for hydroxylation is 2. The molecular weight excluding hydrogens is 1260 g/mol. The lowest BCUT2D eigenvalue weighted by Gasteiger charge is -2.39. The molecule has 25 heteroatoms. The summed E-state index contributed by atoms with van der Waals surface area (Å²) < 4.78 is 25.4. The Balaban J connectivity index is 0.000000202. The number of thiophene rings is 1. The summed E-state index contributed by atoms with van der Waals surface area (Å²) in [5, 5.41) is 11.3. The first-order valence-corrected chi connectivity index (χ1v) is 33.0. The van der Waals surface area contributed by atoms with Crippen molar-refractivity contribution in [2.45, 2.75) is 76.3 Å². The van der Waals surface area contributed by atoms with Gasteiger partial charge >= 0.3 is 17.9 Å². The van der Waals surface area contributed by atoms with Gasteiger partial charge in [-0.05, 0) is 82.3 Å². The molecular formula is C72H93N11O13S. The molecule has 0 aliphatic carbocycles. The number of esters is 3. The number of para-hydroxylation sites is 3. The van der Waals surface area contributed by atoms with E-state index in [1.807, 2.05) is 124 Å². The minimum atomic E-state index is -0.640. The number of piperidine rings is 1. The van der Waals surface area contributed by atoms with Crippen LogP contribution >= 0.6 is 11.3 Å². The first-order chi connectivity index (χ1) is 45.5. The predicted octanol–water partition coefficient (Wildman–Crippen LogP) is 8.80. The zero-order chi connectivity index (χ0) is 66.7. The van der Waals surface area contributed by atoms with Crippen LogP contribution in [0.25, 0.3) is 32.7 Å². The Labute approximate surface area is 569 Å². The van der Waals surface area contributed by atoms with Crippen molar-refractivity contribution < 1.29 is 47.5 Å². The number of amides is 3. The molecule has 24 nitrogen and oxygen atoms in total. The van der Waals surface area contributed by atoms with Gasteiger partial charge in [-0.1, -0.05) is 102 Å². The second kappa shape index (κ2) is 33.9. The zero-order valence-corrected chi connectivity index (χ0v) is 55.1. The minimum Gasteiger partial charge on any atom is -0.462 e. The first kappa shape index (κ1) is 74.8. The van der Waals surface area contributed by atoms with E-state index in [9.17, 15) is 43.2 Å². The predicted molar refractivity (Wildman–Crippen MR) is 381 cm³/mol. The molecule has 4 aliphatic heterocycles. The summed E-state index contributed by atoms with van der Waals surface area (Å²) in [5.74, 6) is -1.31. The number of rotatable bonds is 14. The minimum absolute atomic E-state index is 0. The third-order valence-corrected chi connectivity index (χ3v) is 18.3. The molecule has 3 amide bonds. The van der Waals surface area contributed by atoms with Gasteiger partial charge in [0.25, 0.3) is 28.5 Å². The Kier molecular flexibility index (Phi) is 26.1. The van der Waals surface area contributed by atoms with Crippen LogP contribution in [-0.2, 0) is 39.6 Å². The molecule has 0 radical (unpaired) electrons. The third-order valence-electron chi connectivity index (χ3n) is 17.4. The number of pyridine rings is 3. The standard InChI is InChI=1S/C25H29N3O4S.C23H30N4O4.C21H22N4O5.3CH4/c1-4-32-25(31)21-22(18-8-5-6-9-19(18)28(24(21)30)16-17(2)3)26-11-13-27(14-12-26)23(29)20-10-7-15-33-20;1-3-31-23(30)19-20(17-6-4-5-7-18(17)25(2)22(19)29)26-12-14-27(15-13-26)21(28)16-8-10-24-11-9-16;1-3-29-21(28)17-18(14-6-4-5-7-15(14)23(2)20(17)27)24-10-12-25(13-11-24)19(26)16-8-9-22-30-16;;;/h5-10,15,17H,4,11-14,16H2,1-3H3;4-7,16,24H,3,8-15H2,1-2H3;4-9H,3,10-13H2,1-2H3;3*1H4. The number of fused-ring (bicyclic) bond motifs is 3. The number of nitrogens with zero attached hydrogens (tertiary/aromatic N) is 10. The van der Waals surface area contributed by atoms with Gasteiger partial charge in [0.2, 0.25) is 11.7 Å². The monoisotopic (exact) mass is 1350 g/mol. The van der Waals surface area contributed by atoms with Gasteiger partial charge in [0.05, 0.1) is 64.5 Å². The highest BCUT2D eigenvalue weighted by atomic mass is 32.1. The maximum atomic E-state index is 13.6. The first-order valence-electron chi connectivity index (χ1n) is 32.1. The molecule has 5 aromatic heterocycles. The third kappa shape index (κ3) is 15.9. The second-order valence-corrected chi connectivity index (χ2v) is 24.6. The number of ether oxygens (including phenoxy) is 3. The van der Waals surface area contributed by atoms with E-state index >= 15 is 0 Å². The number of hydrogen-bond donors (Lipinski definition) is 1. The number of aromatic nitrogens is 4. The largest absolute Gasteiger partial charge is 0.462 e. The average Bonchev–Trinajstić information content (AvgIpc) is 1.15. The number of piperazine rings is 3. The van der Waals surface area contributed by atoms with E-state index in [0.717, 1.165) is 63.5 Å². The van der Waals surface area contributed by atoms with Crippen LogP contribution < -0.4 is 36.7 Å². The van der Waals surface area contributed by atoms with E-state index < -0.39 is 23.5 Å². The van der Waals surface area contributed by atoms with E-state index in [1.54, 1.807) is 44.3 Å². The molecule has 520 valence electrons. The van der Waals surface area contributed by atoms with E-state index in [1.165, 1.54) is 32.7 Å². The number of carbonyl (C=O) groups is 6. The quantitative estimate of drug-likeness (QED) is 0.0788. The summed E-state index contributed by atoms with van der Waals surface area (Å²) in [6.07, 6.45) is 3.19. The van der Waals surface area contributed by atoms with Crippen molar-refractivity contribution in [1.82, 2.24) is 38.9 Å². The van der Waals surface area contributed by atoms with Crippen LogP contribution in [-0.4, -0.2) is 181 Å². The van der Waals surface area contributed by atoms with Crippen LogP contribution in [0.15, 0.2) is 121 Å². The normalized spacial score (nSPS) is 14.9. The molecule has 4 fully saturated rings. The molecule has 1 N–H and O–H groups in total. The van der Waals surface area contributed by atoms with Gasteiger partial charge in [0.1, 0.15) is 16.7 Å². The number of carbonyl (C=O) groups excluding carboxylic acids is 6. The molecule has 4 aliphatic rings. The fraction of sp³-hybridized carbons (Fsp3) is 0.444. The summed E-state index contributed by atoms with van der Waals surface area (Å²) in [6.45, 7) is 18.3. The molecule has 97 heavy (non-hydrogen) atoms. The highest BCUT2D eigenvalue weighted by Gasteiger charge is 2.35. The maximum Gasteiger partial charge on any atom is 0.345 e. The van der Waals surface area contributed by atoms with Crippen molar-refractivity contribution in [3.05, 3.63) is 161 Å². The van der Waals surface area contributed by atoms with E-state index in [4.69, 9.17) is 18.7 Å². The van der Waals surface area contributed by atoms with Gasteiger partial charge in [-0.2, -0.15) is 0 Å². The van der Waals surface area contributed by atoms with Gasteiger partial charge in [-0.25, -0.2) is 14.4 Å². The number of nitrogens with one attached hydrogen (secondary N) is 1. The molecule has 0 spiro atoms.